The quantitative estimate of drug-likeness (QED) is 0.507. The van der Waals surface area contributed by atoms with Gasteiger partial charge in [-0.3, -0.25) is 0 Å². The molecule has 0 amide bonds. The second-order valence-corrected chi connectivity index (χ2v) is 7.13. The number of rotatable bonds is 1. The van der Waals surface area contributed by atoms with Gasteiger partial charge in [-0.2, -0.15) is 0 Å². The highest BCUT2D eigenvalue weighted by atomic mass is 35.7. The molecule has 0 bridgehead atoms. The van der Waals surface area contributed by atoms with Gasteiger partial charge in [0.25, 0.3) is 0 Å². The molecule has 0 N–H and O–H groups in total. The molecular formula is C4H7AlCl2. The van der Waals surface area contributed by atoms with Gasteiger partial charge in [0.1, 0.15) is 0 Å². The van der Waals surface area contributed by atoms with Gasteiger partial charge in [0.05, 0.1) is 0 Å². The van der Waals surface area contributed by atoms with E-state index < -0.39 is 12.3 Å². The Morgan fingerprint density at radius 2 is 1.86 bits per heavy atom. The van der Waals surface area contributed by atoms with Gasteiger partial charge in [0.2, 0.25) is 0 Å². The van der Waals surface area contributed by atoms with Crippen molar-refractivity contribution in [3.63, 3.8) is 0 Å². The van der Waals surface area contributed by atoms with Crippen molar-refractivity contribution in [2.24, 2.45) is 0 Å². The van der Waals surface area contributed by atoms with Crippen molar-refractivity contribution in [2.75, 3.05) is 0 Å². The van der Waals surface area contributed by atoms with Gasteiger partial charge in [0.15, 0.2) is 0 Å². The standard InChI is InChI=1S/C4H7.Al.2ClH/c1-2-4-3-1;;;/h1H,2-4H2;;2*1H/q;+2;;/p-2. The van der Waals surface area contributed by atoms with E-state index in [9.17, 15) is 0 Å². The van der Waals surface area contributed by atoms with Gasteiger partial charge >= 0.3 is 12.3 Å². The van der Waals surface area contributed by atoms with Crippen LogP contribution in [0, 0.1) is 0 Å². The van der Waals surface area contributed by atoms with Crippen molar-refractivity contribution in [1.82, 2.24) is 0 Å². The van der Waals surface area contributed by atoms with Gasteiger partial charge in [0, 0.05) is 0 Å². The summed E-state index contributed by atoms with van der Waals surface area (Å²) in [5.41, 5.74) is 0. The van der Waals surface area contributed by atoms with Gasteiger partial charge < -0.3 is 0 Å². The van der Waals surface area contributed by atoms with Gasteiger partial charge in [-0.05, 0) is 0 Å². The van der Waals surface area contributed by atoms with Crippen LogP contribution in [0.5, 0.6) is 0 Å². The smallest absolute Gasteiger partial charge is 0.233 e. The van der Waals surface area contributed by atoms with E-state index >= 15 is 0 Å². The zero-order chi connectivity index (χ0) is 5.28. The number of hydrogen-bond donors (Lipinski definition) is 0. The van der Waals surface area contributed by atoms with Gasteiger partial charge in [-0.1, -0.05) is 24.0 Å². The SMILES string of the molecule is [Cl][Al]([Cl])[CH]1CCC1. The number of hydrogen-bond acceptors (Lipinski definition) is 0. The van der Waals surface area contributed by atoms with Crippen LogP contribution in [0.15, 0.2) is 0 Å². The lowest BCUT2D eigenvalue weighted by Crippen LogP contribution is -2.14. The van der Waals surface area contributed by atoms with Crippen LogP contribution in [0.1, 0.15) is 19.3 Å². The highest BCUT2D eigenvalue weighted by Crippen LogP contribution is 2.37. The van der Waals surface area contributed by atoms with E-state index in [0.717, 1.165) is 4.78 Å². The topological polar surface area (TPSA) is 0 Å². The molecule has 0 nitrogen and oxygen atoms in total. The Labute approximate surface area is 56.6 Å². The van der Waals surface area contributed by atoms with Crippen LogP contribution in [0.25, 0.3) is 0 Å². The fraction of sp³-hybridized carbons (Fsp3) is 1.00. The Morgan fingerprint density at radius 3 is 1.86 bits per heavy atom. The first-order chi connectivity index (χ1) is 3.30. The molecule has 0 aliphatic heterocycles. The molecule has 0 heterocycles. The first-order valence-electron chi connectivity index (χ1n) is 2.59. The van der Waals surface area contributed by atoms with Gasteiger partial charge in [-0.25, -0.2) is 20.1 Å². The van der Waals surface area contributed by atoms with Crippen LogP contribution < -0.4 is 0 Å². The summed E-state index contributed by atoms with van der Waals surface area (Å²) in [6.45, 7) is 0. The minimum atomic E-state index is -1.23. The van der Waals surface area contributed by atoms with E-state index in [1.165, 1.54) is 19.3 Å². The zero-order valence-corrected chi connectivity index (χ0v) is 6.70. The zero-order valence-electron chi connectivity index (χ0n) is 4.03. The van der Waals surface area contributed by atoms with Crippen molar-refractivity contribution in [1.29, 1.82) is 0 Å². The summed E-state index contributed by atoms with van der Waals surface area (Å²) in [4.78, 5) is 0. The third-order valence-electron chi connectivity index (χ3n) is 1.51. The second-order valence-electron chi connectivity index (χ2n) is 2.03. The molecule has 0 saturated heterocycles. The van der Waals surface area contributed by atoms with E-state index in [0.29, 0.717) is 0 Å². The number of halogens is 2. The Balaban J connectivity index is 2.14. The third-order valence-corrected chi connectivity index (χ3v) is 5.02. The Hall–Kier alpha value is 1.11. The van der Waals surface area contributed by atoms with Crippen LogP contribution in [0.2, 0.25) is 4.78 Å². The van der Waals surface area contributed by atoms with E-state index in [2.05, 4.69) is 0 Å². The van der Waals surface area contributed by atoms with Crippen molar-refractivity contribution in [3.8, 4) is 0 Å². The molecule has 3 heteroatoms. The summed E-state index contributed by atoms with van der Waals surface area (Å²) in [7, 11) is 11.4. The first-order valence-corrected chi connectivity index (χ1v) is 6.74. The van der Waals surface area contributed by atoms with Crippen LogP contribution in [-0.4, -0.2) is 12.3 Å². The molecule has 0 spiro atoms. The maximum Gasteiger partial charge on any atom is 0.522 e. The average Bonchev–Trinajstić information content (AvgIpc) is 1.23. The molecule has 1 rings (SSSR count). The lowest BCUT2D eigenvalue weighted by Gasteiger charge is -2.23. The minimum absolute atomic E-state index is 0.753. The molecule has 0 radical (unpaired) electrons. The Kier molecular flexibility index (Phi) is 2.31. The third kappa shape index (κ3) is 1.51. The van der Waals surface area contributed by atoms with E-state index in [4.69, 9.17) is 20.1 Å². The molecule has 0 aromatic rings. The molecule has 1 aliphatic carbocycles. The van der Waals surface area contributed by atoms with Crippen molar-refractivity contribution in [2.45, 2.75) is 24.0 Å². The molecule has 0 aromatic heterocycles. The molecule has 7 heavy (non-hydrogen) atoms. The Bertz CT molecular complexity index is 60.7. The van der Waals surface area contributed by atoms with Crippen LogP contribution in [-0.2, 0) is 0 Å². The van der Waals surface area contributed by atoms with E-state index in [1.807, 2.05) is 0 Å². The summed E-state index contributed by atoms with van der Waals surface area (Å²) >= 11 is -1.23. The molecule has 0 unspecified atom stereocenters. The van der Waals surface area contributed by atoms with Crippen molar-refractivity contribution < 1.29 is 0 Å². The fourth-order valence-corrected chi connectivity index (χ4v) is 3.18. The second kappa shape index (κ2) is 2.60. The predicted octanol–water partition coefficient (Wildman–Crippen LogP) is 2.51. The molecule has 40 valence electrons. The first kappa shape index (κ1) is 6.24. The summed E-state index contributed by atoms with van der Waals surface area (Å²) in [6.07, 6.45) is 3.95. The average molecular weight is 153 g/mol. The summed E-state index contributed by atoms with van der Waals surface area (Å²) in [6, 6.07) is 0. The van der Waals surface area contributed by atoms with Crippen LogP contribution in [0.3, 0.4) is 0 Å². The molecule has 1 aliphatic rings. The molecule has 1 fully saturated rings. The minimum Gasteiger partial charge on any atom is -0.233 e. The molecule has 0 aromatic carbocycles. The van der Waals surface area contributed by atoms with Crippen molar-refractivity contribution in [3.05, 3.63) is 0 Å². The maximum atomic E-state index is 5.68. The summed E-state index contributed by atoms with van der Waals surface area (Å²) < 4.78 is 0.753. The lowest BCUT2D eigenvalue weighted by atomic mass is 10.00. The molecule has 0 atom stereocenters. The Morgan fingerprint density at radius 1 is 1.29 bits per heavy atom. The molecule has 1 saturated carbocycles. The largest absolute Gasteiger partial charge is 0.522 e. The normalized spacial score (nSPS) is 21.4. The lowest BCUT2D eigenvalue weighted by molar-refractivity contribution is 0.500. The highest BCUT2D eigenvalue weighted by molar-refractivity contribution is 7.34. The van der Waals surface area contributed by atoms with Gasteiger partial charge in [-0.15, -0.1) is 0 Å². The maximum absolute atomic E-state index is 5.68. The predicted molar refractivity (Wildman–Crippen MR) is 35.1 cm³/mol. The van der Waals surface area contributed by atoms with Crippen LogP contribution >= 0.6 is 20.1 Å². The van der Waals surface area contributed by atoms with E-state index in [1.54, 1.807) is 0 Å². The fourth-order valence-electron chi connectivity index (χ4n) is 0.692. The van der Waals surface area contributed by atoms with Crippen molar-refractivity contribution >= 4 is 32.4 Å². The summed E-state index contributed by atoms with van der Waals surface area (Å²) in [5, 5.41) is 0. The molecular weight excluding hydrogens is 146 g/mol. The summed E-state index contributed by atoms with van der Waals surface area (Å²) in [5.74, 6) is 0. The monoisotopic (exact) mass is 152 g/mol. The highest BCUT2D eigenvalue weighted by Gasteiger charge is 2.30. The van der Waals surface area contributed by atoms with E-state index in [-0.39, 0.29) is 0 Å². The van der Waals surface area contributed by atoms with Crippen LogP contribution in [0.4, 0.5) is 0 Å².